The van der Waals surface area contributed by atoms with Crippen LogP contribution in [-0.2, 0) is 0 Å². The van der Waals surface area contributed by atoms with Gasteiger partial charge in [0.25, 0.3) is 0 Å². The Labute approximate surface area is 180 Å². The standard InChI is InChI=1S/C23H38N4OS/c1-29-22-5-3-2-4-21(22)27-23(25-14-15-28)26-20-12-8-18(9-13-20)16-17-6-10-19(24)11-7-17/h2-5,17-20,28H,6-16,24H2,1H3,(H2,25,26,27). The number of rotatable bonds is 7. The van der Waals surface area contributed by atoms with Crippen LogP contribution in [0.2, 0.25) is 0 Å². The van der Waals surface area contributed by atoms with Crippen molar-refractivity contribution in [2.24, 2.45) is 22.6 Å². The lowest BCUT2D eigenvalue weighted by Gasteiger charge is -2.34. The van der Waals surface area contributed by atoms with Gasteiger partial charge in [0, 0.05) is 17.0 Å². The summed E-state index contributed by atoms with van der Waals surface area (Å²) in [7, 11) is 0. The highest BCUT2D eigenvalue weighted by atomic mass is 32.2. The highest BCUT2D eigenvalue weighted by Gasteiger charge is 2.26. The van der Waals surface area contributed by atoms with Crippen LogP contribution in [0.1, 0.15) is 57.8 Å². The van der Waals surface area contributed by atoms with Gasteiger partial charge in [-0.25, -0.2) is 0 Å². The average molecular weight is 419 g/mol. The lowest BCUT2D eigenvalue weighted by molar-refractivity contribution is 0.221. The van der Waals surface area contributed by atoms with E-state index >= 15 is 0 Å². The maximum atomic E-state index is 9.22. The second-order valence-corrected chi connectivity index (χ2v) is 9.51. The number of hydrogen-bond acceptors (Lipinski definition) is 4. The van der Waals surface area contributed by atoms with Crippen LogP contribution < -0.4 is 16.4 Å². The Morgan fingerprint density at radius 2 is 1.72 bits per heavy atom. The third kappa shape index (κ3) is 7.19. The molecule has 2 fully saturated rings. The summed E-state index contributed by atoms with van der Waals surface area (Å²) in [6.07, 6.45) is 13.6. The van der Waals surface area contributed by atoms with Crippen LogP contribution in [0.4, 0.5) is 5.69 Å². The molecule has 1 aromatic carbocycles. The molecule has 0 bridgehead atoms. The van der Waals surface area contributed by atoms with Gasteiger partial charge in [0.1, 0.15) is 0 Å². The maximum absolute atomic E-state index is 9.22. The van der Waals surface area contributed by atoms with E-state index in [1.165, 1.54) is 62.7 Å². The monoisotopic (exact) mass is 418 g/mol. The van der Waals surface area contributed by atoms with Crippen molar-refractivity contribution in [3.05, 3.63) is 24.3 Å². The molecule has 2 saturated carbocycles. The van der Waals surface area contributed by atoms with E-state index in [1.807, 2.05) is 6.07 Å². The van der Waals surface area contributed by atoms with E-state index in [0.717, 1.165) is 23.5 Å². The number of nitrogens with two attached hydrogens (primary N) is 1. The largest absolute Gasteiger partial charge is 0.394 e. The Bertz CT molecular complexity index is 638. The molecule has 162 valence electrons. The number of benzene rings is 1. The van der Waals surface area contributed by atoms with Crippen LogP contribution in [0, 0.1) is 11.8 Å². The Hall–Kier alpha value is -1.24. The molecule has 0 radical (unpaired) electrons. The van der Waals surface area contributed by atoms with Gasteiger partial charge < -0.3 is 21.5 Å². The zero-order chi connectivity index (χ0) is 20.5. The van der Waals surface area contributed by atoms with E-state index in [2.05, 4.69) is 40.1 Å². The normalized spacial score (nSPS) is 28.2. The number of guanidine groups is 1. The van der Waals surface area contributed by atoms with Gasteiger partial charge >= 0.3 is 0 Å². The highest BCUT2D eigenvalue weighted by molar-refractivity contribution is 7.98. The zero-order valence-electron chi connectivity index (χ0n) is 17.8. The molecule has 0 aliphatic heterocycles. The fourth-order valence-electron chi connectivity index (χ4n) is 4.79. The molecule has 0 atom stereocenters. The molecular formula is C23H38N4OS. The minimum Gasteiger partial charge on any atom is -0.394 e. The van der Waals surface area contributed by atoms with Crippen molar-refractivity contribution in [3.8, 4) is 0 Å². The Morgan fingerprint density at radius 3 is 2.38 bits per heavy atom. The Kier molecular flexibility index (Phi) is 9.15. The van der Waals surface area contributed by atoms with Crippen molar-refractivity contribution in [1.82, 2.24) is 5.32 Å². The quantitative estimate of drug-likeness (QED) is 0.303. The van der Waals surface area contributed by atoms with Gasteiger partial charge in [0.15, 0.2) is 5.96 Å². The van der Waals surface area contributed by atoms with Crippen LogP contribution in [0.5, 0.6) is 0 Å². The van der Waals surface area contributed by atoms with Crippen molar-refractivity contribution in [1.29, 1.82) is 0 Å². The molecule has 2 aliphatic carbocycles. The zero-order valence-corrected chi connectivity index (χ0v) is 18.6. The molecule has 2 aliphatic rings. The van der Waals surface area contributed by atoms with Gasteiger partial charge in [0.2, 0.25) is 0 Å². The second kappa shape index (κ2) is 11.8. The van der Waals surface area contributed by atoms with Gasteiger partial charge in [-0.05, 0) is 88.0 Å². The Morgan fingerprint density at radius 1 is 1.07 bits per heavy atom. The minimum atomic E-state index is 0.0643. The van der Waals surface area contributed by atoms with Crippen LogP contribution in [0.25, 0.3) is 0 Å². The SMILES string of the molecule is CSc1ccccc1NC(=NCCO)NC1CCC(CC2CCC(N)CC2)CC1. The molecule has 0 unspecified atom stereocenters. The van der Waals surface area contributed by atoms with Crippen LogP contribution >= 0.6 is 11.8 Å². The molecule has 6 heteroatoms. The predicted octanol–water partition coefficient (Wildman–Crippen LogP) is 4.22. The smallest absolute Gasteiger partial charge is 0.196 e. The van der Waals surface area contributed by atoms with Crippen molar-refractivity contribution >= 4 is 23.4 Å². The summed E-state index contributed by atoms with van der Waals surface area (Å²) in [5, 5.41) is 16.3. The fraction of sp³-hybridized carbons (Fsp3) is 0.696. The third-order valence-corrected chi connectivity index (χ3v) is 7.27. The number of nitrogens with zero attached hydrogens (tertiary/aromatic N) is 1. The number of nitrogens with one attached hydrogen (secondary N) is 2. The maximum Gasteiger partial charge on any atom is 0.196 e. The van der Waals surface area contributed by atoms with Crippen LogP contribution in [0.3, 0.4) is 0 Å². The van der Waals surface area contributed by atoms with Crippen molar-refractivity contribution in [3.63, 3.8) is 0 Å². The van der Waals surface area contributed by atoms with E-state index < -0.39 is 0 Å². The van der Waals surface area contributed by atoms with E-state index in [-0.39, 0.29) is 6.61 Å². The molecule has 5 nitrogen and oxygen atoms in total. The number of thioether (sulfide) groups is 1. The summed E-state index contributed by atoms with van der Waals surface area (Å²) in [5.41, 5.74) is 7.12. The first kappa shape index (κ1) is 22.4. The van der Waals surface area contributed by atoms with E-state index in [0.29, 0.717) is 18.6 Å². The number of aliphatic hydroxyl groups is 1. The van der Waals surface area contributed by atoms with Gasteiger partial charge in [-0.1, -0.05) is 12.1 Å². The van der Waals surface area contributed by atoms with E-state index in [4.69, 9.17) is 5.73 Å². The Balaban J connectivity index is 1.49. The lowest BCUT2D eigenvalue weighted by Crippen LogP contribution is -2.41. The first-order valence-electron chi connectivity index (χ1n) is 11.3. The highest BCUT2D eigenvalue weighted by Crippen LogP contribution is 2.35. The summed E-state index contributed by atoms with van der Waals surface area (Å²) in [6.45, 7) is 0.477. The number of anilines is 1. The van der Waals surface area contributed by atoms with Crippen molar-refractivity contribution in [2.75, 3.05) is 24.7 Å². The molecule has 5 N–H and O–H groups in total. The summed E-state index contributed by atoms with van der Waals surface area (Å²) in [6, 6.07) is 9.18. The van der Waals surface area contributed by atoms with Gasteiger partial charge in [-0.3, -0.25) is 4.99 Å². The van der Waals surface area contributed by atoms with E-state index in [9.17, 15) is 5.11 Å². The van der Waals surface area contributed by atoms with Crippen molar-refractivity contribution in [2.45, 2.75) is 74.8 Å². The molecule has 29 heavy (non-hydrogen) atoms. The van der Waals surface area contributed by atoms with Crippen LogP contribution in [-0.4, -0.2) is 42.6 Å². The summed E-state index contributed by atoms with van der Waals surface area (Å²) < 4.78 is 0. The van der Waals surface area contributed by atoms with E-state index in [1.54, 1.807) is 11.8 Å². The number of para-hydroxylation sites is 1. The summed E-state index contributed by atoms with van der Waals surface area (Å²) in [4.78, 5) is 5.75. The minimum absolute atomic E-state index is 0.0643. The van der Waals surface area contributed by atoms with Crippen molar-refractivity contribution < 1.29 is 5.11 Å². The molecule has 3 rings (SSSR count). The lowest BCUT2D eigenvalue weighted by atomic mass is 9.76. The second-order valence-electron chi connectivity index (χ2n) is 8.66. The number of hydrogen-bond donors (Lipinski definition) is 4. The topological polar surface area (TPSA) is 82.7 Å². The average Bonchev–Trinajstić information content (AvgIpc) is 2.75. The molecule has 1 aromatic rings. The summed E-state index contributed by atoms with van der Waals surface area (Å²) in [5.74, 6) is 2.55. The van der Waals surface area contributed by atoms with Gasteiger partial charge in [0.05, 0.1) is 18.8 Å². The fourth-order valence-corrected chi connectivity index (χ4v) is 5.34. The predicted molar refractivity (Wildman–Crippen MR) is 125 cm³/mol. The summed E-state index contributed by atoms with van der Waals surface area (Å²) >= 11 is 1.72. The molecule has 0 aromatic heterocycles. The molecular weight excluding hydrogens is 380 g/mol. The molecule has 0 spiro atoms. The van der Waals surface area contributed by atoms with Gasteiger partial charge in [-0.15, -0.1) is 11.8 Å². The number of aliphatic hydroxyl groups excluding tert-OH is 1. The van der Waals surface area contributed by atoms with Crippen LogP contribution in [0.15, 0.2) is 34.2 Å². The third-order valence-electron chi connectivity index (χ3n) is 6.48. The molecule has 0 saturated heterocycles. The number of aliphatic imine (C=N–C) groups is 1. The first-order chi connectivity index (χ1) is 14.2. The molecule has 0 amide bonds. The first-order valence-corrected chi connectivity index (χ1v) is 12.5. The molecule has 0 heterocycles. The van der Waals surface area contributed by atoms with Gasteiger partial charge in [-0.2, -0.15) is 0 Å².